The molecule has 0 atom stereocenters. The molecule has 0 amide bonds. The number of fused-ring (bicyclic) bond motifs is 8. The van der Waals surface area contributed by atoms with Crippen molar-refractivity contribution in [2.24, 2.45) is 0 Å². The maximum absolute atomic E-state index is 9.88. The smallest absolute Gasteiger partial charge is 0.160 e. The van der Waals surface area contributed by atoms with Gasteiger partial charge < -0.3 is 0 Å². The molecule has 1 saturated carbocycles. The molecular weight excluding hydrogens is 711 g/mol. The van der Waals surface area contributed by atoms with Crippen LogP contribution in [0.5, 0.6) is 0 Å². The van der Waals surface area contributed by atoms with Crippen molar-refractivity contribution in [1.29, 1.82) is 5.26 Å². The Morgan fingerprint density at radius 2 is 1.18 bits per heavy atom. The van der Waals surface area contributed by atoms with Gasteiger partial charge in [0.1, 0.15) is 0 Å². The lowest BCUT2D eigenvalue weighted by Gasteiger charge is -2.36. The standard InChI is InChI=1S/C53H37N3S/c54-33-34-20-26-42-46(30-34)53(28-8-3-9-29-53)45-19-11-16-40(50(42)45)39-25-27-49-44(31-39)41-17-10-18-43(51(41)57-49)48-32-47(55-52(56-48)38-14-6-2-7-15-38)37-23-21-36(22-24-37)35-12-4-1-5-13-35/h1-2,4-7,10-27,30-32H,3,8-9,28-29H2. The van der Waals surface area contributed by atoms with Crippen LogP contribution in [0.1, 0.15) is 48.8 Å². The lowest BCUT2D eigenvalue weighted by Crippen LogP contribution is -2.28. The van der Waals surface area contributed by atoms with Crippen LogP contribution in [-0.2, 0) is 5.41 Å². The molecule has 270 valence electrons. The van der Waals surface area contributed by atoms with Gasteiger partial charge in [0, 0.05) is 42.3 Å². The van der Waals surface area contributed by atoms with Crippen molar-refractivity contribution in [1.82, 2.24) is 9.97 Å². The molecule has 2 aromatic heterocycles. The molecule has 1 fully saturated rings. The Balaban J connectivity index is 1.05. The van der Waals surface area contributed by atoms with E-state index in [0.29, 0.717) is 5.82 Å². The van der Waals surface area contributed by atoms with Crippen LogP contribution in [0.15, 0.2) is 164 Å². The molecule has 1 spiro atoms. The van der Waals surface area contributed by atoms with E-state index in [1.807, 2.05) is 41.7 Å². The molecule has 0 radical (unpaired) electrons. The van der Waals surface area contributed by atoms with E-state index in [1.165, 1.54) is 83.9 Å². The van der Waals surface area contributed by atoms with Gasteiger partial charge in [-0.15, -0.1) is 11.3 Å². The first-order valence-corrected chi connectivity index (χ1v) is 20.7. The fraction of sp³-hybridized carbons (Fsp3) is 0.113. The van der Waals surface area contributed by atoms with Gasteiger partial charge in [0.05, 0.1) is 23.0 Å². The third kappa shape index (κ3) is 5.53. The van der Waals surface area contributed by atoms with Gasteiger partial charge in [0.2, 0.25) is 0 Å². The van der Waals surface area contributed by atoms with E-state index in [4.69, 9.17) is 9.97 Å². The van der Waals surface area contributed by atoms with Gasteiger partial charge in [0.15, 0.2) is 5.82 Å². The highest BCUT2D eigenvalue weighted by atomic mass is 32.1. The van der Waals surface area contributed by atoms with E-state index in [-0.39, 0.29) is 5.41 Å². The Labute approximate surface area is 336 Å². The van der Waals surface area contributed by atoms with Crippen LogP contribution in [-0.4, -0.2) is 9.97 Å². The molecule has 0 saturated heterocycles. The number of hydrogen-bond acceptors (Lipinski definition) is 4. The minimum Gasteiger partial charge on any atom is -0.228 e. The summed E-state index contributed by atoms with van der Waals surface area (Å²) in [5.41, 5.74) is 16.0. The summed E-state index contributed by atoms with van der Waals surface area (Å²) in [6.45, 7) is 0. The van der Waals surface area contributed by atoms with Crippen LogP contribution < -0.4 is 0 Å². The van der Waals surface area contributed by atoms with Crippen LogP contribution in [0, 0.1) is 11.3 Å². The zero-order valence-electron chi connectivity index (χ0n) is 31.4. The predicted molar refractivity (Wildman–Crippen MR) is 236 cm³/mol. The van der Waals surface area contributed by atoms with Gasteiger partial charge in [-0.25, -0.2) is 9.97 Å². The van der Waals surface area contributed by atoms with Crippen molar-refractivity contribution in [2.75, 3.05) is 0 Å². The van der Waals surface area contributed by atoms with E-state index >= 15 is 0 Å². The van der Waals surface area contributed by atoms with E-state index in [2.05, 4.69) is 140 Å². The second kappa shape index (κ2) is 13.5. The number of aromatic nitrogens is 2. The average molecular weight is 748 g/mol. The first-order chi connectivity index (χ1) is 28.2. The Hall–Kier alpha value is -6.67. The molecule has 2 aliphatic carbocycles. The zero-order valence-corrected chi connectivity index (χ0v) is 32.2. The number of thiophene rings is 1. The number of nitriles is 1. The van der Waals surface area contributed by atoms with Crippen LogP contribution in [0.3, 0.4) is 0 Å². The Morgan fingerprint density at radius 1 is 0.491 bits per heavy atom. The summed E-state index contributed by atoms with van der Waals surface area (Å²) >= 11 is 1.83. The number of hydrogen-bond donors (Lipinski definition) is 0. The van der Waals surface area contributed by atoms with E-state index in [1.54, 1.807) is 0 Å². The van der Waals surface area contributed by atoms with Gasteiger partial charge >= 0.3 is 0 Å². The van der Waals surface area contributed by atoms with Crippen molar-refractivity contribution >= 4 is 31.5 Å². The van der Waals surface area contributed by atoms with Gasteiger partial charge in [0.25, 0.3) is 0 Å². The lowest BCUT2D eigenvalue weighted by molar-refractivity contribution is 0.353. The highest BCUT2D eigenvalue weighted by Gasteiger charge is 2.44. The molecular formula is C53H37N3S. The predicted octanol–water partition coefficient (Wildman–Crippen LogP) is 14.3. The molecule has 2 heterocycles. The molecule has 9 aromatic rings. The molecule has 0 N–H and O–H groups in total. The van der Waals surface area contributed by atoms with Gasteiger partial charge in [-0.1, -0.05) is 153 Å². The summed E-state index contributed by atoms with van der Waals surface area (Å²) in [6.07, 6.45) is 5.99. The third-order valence-electron chi connectivity index (χ3n) is 12.4. The van der Waals surface area contributed by atoms with Crippen LogP contribution in [0.4, 0.5) is 0 Å². The zero-order chi connectivity index (χ0) is 37.9. The van der Waals surface area contributed by atoms with Crippen molar-refractivity contribution in [3.8, 4) is 73.4 Å². The van der Waals surface area contributed by atoms with Crippen LogP contribution in [0.2, 0.25) is 0 Å². The monoisotopic (exact) mass is 747 g/mol. The Morgan fingerprint density at radius 3 is 1.96 bits per heavy atom. The molecule has 4 heteroatoms. The second-order valence-corrected chi connectivity index (χ2v) is 16.6. The second-order valence-electron chi connectivity index (χ2n) is 15.5. The molecule has 11 rings (SSSR count). The molecule has 7 aromatic carbocycles. The Kier molecular flexibility index (Phi) is 7.98. The highest BCUT2D eigenvalue weighted by Crippen LogP contribution is 2.58. The molecule has 57 heavy (non-hydrogen) atoms. The highest BCUT2D eigenvalue weighted by molar-refractivity contribution is 7.26. The minimum atomic E-state index is -0.0151. The first-order valence-electron chi connectivity index (χ1n) is 19.9. The van der Waals surface area contributed by atoms with Crippen molar-refractivity contribution in [3.05, 3.63) is 180 Å². The molecule has 0 unspecified atom stereocenters. The van der Waals surface area contributed by atoms with Gasteiger partial charge in [-0.2, -0.15) is 5.26 Å². The summed E-state index contributed by atoms with van der Waals surface area (Å²) in [5, 5.41) is 12.4. The first kappa shape index (κ1) is 33.6. The van der Waals surface area contributed by atoms with Crippen molar-refractivity contribution in [3.63, 3.8) is 0 Å². The number of benzene rings is 7. The SMILES string of the molecule is N#Cc1ccc2c(c1)C1(CCCCC1)c1cccc(-c3ccc4sc5c(-c6cc(-c7ccc(-c8ccccc8)cc7)nc(-c7ccccc7)n6)cccc5c4c3)c1-2. The van der Waals surface area contributed by atoms with Gasteiger partial charge in [-0.05, 0) is 87.7 Å². The maximum Gasteiger partial charge on any atom is 0.160 e. The molecule has 2 aliphatic rings. The molecule has 0 bridgehead atoms. The van der Waals surface area contributed by atoms with Crippen LogP contribution >= 0.6 is 11.3 Å². The largest absolute Gasteiger partial charge is 0.228 e. The minimum absolute atomic E-state index is 0.0151. The topological polar surface area (TPSA) is 49.6 Å². The number of nitrogens with zero attached hydrogens (tertiary/aromatic N) is 3. The molecule has 3 nitrogen and oxygen atoms in total. The maximum atomic E-state index is 9.88. The summed E-state index contributed by atoms with van der Waals surface area (Å²) in [4.78, 5) is 10.4. The van der Waals surface area contributed by atoms with Crippen molar-refractivity contribution in [2.45, 2.75) is 37.5 Å². The normalized spacial score (nSPS) is 14.1. The lowest BCUT2D eigenvalue weighted by atomic mass is 9.67. The van der Waals surface area contributed by atoms with E-state index < -0.39 is 0 Å². The summed E-state index contributed by atoms with van der Waals surface area (Å²) < 4.78 is 2.48. The fourth-order valence-electron chi connectivity index (χ4n) is 9.63. The van der Waals surface area contributed by atoms with E-state index in [9.17, 15) is 5.26 Å². The summed E-state index contributed by atoms with van der Waals surface area (Å²) in [5.74, 6) is 0.714. The quantitative estimate of drug-likeness (QED) is 0.176. The summed E-state index contributed by atoms with van der Waals surface area (Å²) in [6, 6.07) is 61.0. The fourth-order valence-corrected chi connectivity index (χ4v) is 10.8. The van der Waals surface area contributed by atoms with Crippen molar-refractivity contribution < 1.29 is 0 Å². The Bertz CT molecular complexity index is 3040. The molecule has 0 aliphatic heterocycles. The van der Waals surface area contributed by atoms with E-state index in [0.717, 1.165) is 46.5 Å². The number of rotatable bonds is 5. The van der Waals surface area contributed by atoms with Gasteiger partial charge in [-0.3, -0.25) is 0 Å². The third-order valence-corrected chi connectivity index (χ3v) is 13.6. The van der Waals surface area contributed by atoms with Crippen LogP contribution in [0.25, 0.3) is 87.5 Å². The average Bonchev–Trinajstić information content (AvgIpc) is 3.79. The summed E-state index contributed by atoms with van der Waals surface area (Å²) in [7, 11) is 0.